The fourth-order valence-electron chi connectivity index (χ4n) is 1.55. The van der Waals surface area contributed by atoms with Crippen molar-refractivity contribution < 1.29 is 4.79 Å². The molecule has 0 aliphatic heterocycles. The van der Waals surface area contributed by atoms with E-state index in [2.05, 4.69) is 6.08 Å². The molecule has 1 aromatic rings. The molecule has 2 unspecified atom stereocenters. The van der Waals surface area contributed by atoms with Gasteiger partial charge in [-0.3, -0.25) is 4.79 Å². The molecule has 0 heterocycles. The molecule has 0 spiro atoms. The maximum Gasteiger partial charge on any atom is 0.221 e. The van der Waals surface area contributed by atoms with Crippen molar-refractivity contribution in [2.24, 2.45) is 17.6 Å². The van der Waals surface area contributed by atoms with Gasteiger partial charge in [0.2, 0.25) is 5.91 Å². The first-order valence-electron chi connectivity index (χ1n) is 4.80. The Bertz CT molecular complexity index is 356. The molecule has 0 bridgehead atoms. The predicted molar refractivity (Wildman–Crippen MR) is 56.3 cm³/mol. The van der Waals surface area contributed by atoms with E-state index >= 15 is 0 Å². The molecule has 2 nitrogen and oxygen atoms in total. The smallest absolute Gasteiger partial charge is 0.221 e. The number of amides is 1. The van der Waals surface area contributed by atoms with E-state index < -0.39 is 0 Å². The van der Waals surface area contributed by atoms with E-state index in [-0.39, 0.29) is 11.8 Å². The van der Waals surface area contributed by atoms with Gasteiger partial charge in [-0.25, -0.2) is 0 Å². The predicted octanol–water partition coefficient (Wildman–Crippen LogP) is 1.82. The summed E-state index contributed by atoms with van der Waals surface area (Å²) in [7, 11) is 0. The summed E-state index contributed by atoms with van der Waals surface area (Å²) in [6.45, 7) is 0. The second-order valence-corrected chi connectivity index (χ2v) is 3.68. The Hall–Kier alpha value is -1.57. The summed E-state index contributed by atoms with van der Waals surface area (Å²) in [5.74, 6) is 0.274. The Morgan fingerprint density at radius 2 is 2.07 bits per heavy atom. The first-order valence-corrected chi connectivity index (χ1v) is 4.80. The van der Waals surface area contributed by atoms with Crippen LogP contribution >= 0.6 is 0 Å². The van der Waals surface area contributed by atoms with Gasteiger partial charge in [0.15, 0.2) is 0 Å². The number of hydrogen-bond donors (Lipinski definition) is 1. The quantitative estimate of drug-likeness (QED) is 0.770. The highest BCUT2D eigenvalue weighted by atomic mass is 16.1. The monoisotopic (exact) mass is 187 g/mol. The fourth-order valence-corrected chi connectivity index (χ4v) is 1.55. The van der Waals surface area contributed by atoms with Crippen LogP contribution in [0.15, 0.2) is 36.4 Å². The molecule has 2 heteroatoms. The highest BCUT2D eigenvalue weighted by Gasteiger charge is 2.39. The Morgan fingerprint density at radius 3 is 2.64 bits per heavy atom. The van der Waals surface area contributed by atoms with Crippen molar-refractivity contribution in [3.8, 4) is 0 Å². The standard InChI is InChI=1S/C12H13NO/c13-12(14)11-8-10(11)7-6-9-4-2-1-3-5-9/h1-7,10-11H,8H2,(H2,13,14)/b7-6-. The number of primary amides is 1. The van der Waals surface area contributed by atoms with Crippen LogP contribution < -0.4 is 5.73 Å². The maximum atomic E-state index is 10.8. The molecule has 2 atom stereocenters. The van der Waals surface area contributed by atoms with Crippen LogP contribution in [-0.4, -0.2) is 5.91 Å². The van der Waals surface area contributed by atoms with Gasteiger partial charge in [-0.15, -0.1) is 0 Å². The third-order valence-corrected chi connectivity index (χ3v) is 2.54. The highest BCUT2D eigenvalue weighted by molar-refractivity contribution is 5.80. The Kier molecular flexibility index (Phi) is 2.35. The lowest BCUT2D eigenvalue weighted by molar-refractivity contribution is -0.119. The van der Waals surface area contributed by atoms with Gasteiger partial charge in [0, 0.05) is 5.92 Å². The van der Waals surface area contributed by atoms with Crippen molar-refractivity contribution in [2.75, 3.05) is 0 Å². The number of nitrogens with two attached hydrogens (primary N) is 1. The van der Waals surface area contributed by atoms with Crippen LogP contribution in [-0.2, 0) is 4.79 Å². The van der Waals surface area contributed by atoms with Crippen LogP contribution in [0.3, 0.4) is 0 Å². The normalized spacial score (nSPS) is 25.1. The molecule has 2 rings (SSSR count). The molecule has 2 N–H and O–H groups in total. The molecule has 1 saturated carbocycles. The summed E-state index contributed by atoms with van der Waals surface area (Å²) < 4.78 is 0. The summed E-state index contributed by atoms with van der Waals surface area (Å²) >= 11 is 0. The van der Waals surface area contributed by atoms with Crippen LogP contribution in [0.2, 0.25) is 0 Å². The summed E-state index contributed by atoms with van der Waals surface area (Å²) in [4.78, 5) is 10.8. The molecule has 72 valence electrons. The minimum atomic E-state index is -0.173. The van der Waals surface area contributed by atoms with Crippen LogP contribution in [0.1, 0.15) is 12.0 Å². The SMILES string of the molecule is NC(=O)C1CC1/C=C\c1ccccc1. The van der Waals surface area contributed by atoms with Crippen LogP contribution in [0.4, 0.5) is 0 Å². The average molecular weight is 187 g/mol. The second kappa shape index (κ2) is 3.66. The molecular weight excluding hydrogens is 174 g/mol. The van der Waals surface area contributed by atoms with Gasteiger partial charge in [0.25, 0.3) is 0 Å². The van der Waals surface area contributed by atoms with Crippen LogP contribution in [0.25, 0.3) is 6.08 Å². The fraction of sp³-hybridized carbons (Fsp3) is 0.250. The number of rotatable bonds is 3. The lowest BCUT2D eigenvalue weighted by atomic mass is 10.2. The lowest BCUT2D eigenvalue weighted by Crippen LogP contribution is -2.13. The molecular formula is C12H13NO. The van der Waals surface area contributed by atoms with E-state index in [4.69, 9.17) is 5.73 Å². The molecule has 1 aromatic carbocycles. The minimum Gasteiger partial charge on any atom is -0.369 e. The number of allylic oxidation sites excluding steroid dienone is 1. The first-order chi connectivity index (χ1) is 6.77. The van der Waals surface area contributed by atoms with Gasteiger partial charge in [0.05, 0.1) is 0 Å². The van der Waals surface area contributed by atoms with E-state index in [9.17, 15) is 4.79 Å². The zero-order valence-electron chi connectivity index (χ0n) is 7.89. The van der Waals surface area contributed by atoms with E-state index in [1.165, 1.54) is 5.56 Å². The molecule has 1 fully saturated rings. The van der Waals surface area contributed by atoms with Crippen molar-refractivity contribution in [1.82, 2.24) is 0 Å². The van der Waals surface area contributed by atoms with Crippen LogP contribution in [0.5, 0.6) is 0 Å². The number of carbonyl (C=O) groups excluding carboxylic acids is 1. The number of carbonyl (C=O) groups is 1. The summed E-state index contributed by atoms with van der Waals surface area (Å²) in [6.07, 6.45) is 5.04. The first kappa shape index (κ1) is 9.00. The molecule has 1 aliphatic carbocycles. The highest BCUT2D eigenvalue weighted by Crippen LogP contribution is 2.39. The number of benzene rings is 1. The van der Waals surface area contributed by atoms with E-state index in [1.807, 2.05) is 36.4 Å². The Balaban J connectivity index is 1.94. The van der Waals surface area contributed by atoms with Gasteiger partial charge in [-0.2, -0.15) is 0 Å². The van der Waals surface area contributed by atoms with Gasteiger partial charge < -0.3 is 5.73 Å². The summed E-state index contributed by atoms with van der Waals surface area (Å²) in [5, 5.41) is 0. The molecule has 0 saturated heterocycles. The van der Waals surface area contributed by atoms with Gasteiger partial charge in [-0.1, -0.05) is 42.5 Å². The van der Waals surface area contributed by atoms with Gasteiger partial charge in [-0.05, 0) is 17.9 Å². The molecule has 1 aliphatic rings. The van der Waals surface area contributed by atoms with Gasteiger partial charge in [0.1, 0.15) is 0 Å². The summed E-state index contributed by atoms with van der Waals surface area (Å²) in [6, 6.07) is 10.1. The molecule has 0 aromatic heterocycles. The molecule has 0 radical (unpaired) electrons. The minimum absolute atomic E-state index is 0.0787. The van der Waals surface area contributed by atoms with Crippen LogP contribution in [0, 0.1) is 11.8 Å². The Morgan fingerprint density at radius 1 is 1.36 bits per heavy atom. The van der Waals surface area contributed by atoms with Crippen molar-refractivity contribution in [2.45, 2.75) is 6.42 Å². The van der Waals surface area contributed by atoms with E-state index in [1.54, 1.807) is 0 Å². The van der Waals surface area contributed by atoms with Crippen molar-refractivity contribution in [3.05, 3.63) is 42.0 Å². The topological polar surface area (TPSA) is 43.1 Å². The second-order valence-electron chi connectivity index (χ2n) is 3.68. The number of hydrogen-bond acceptors (Lipinski definition) is 1. The van der Waals surface area contributed by atoms with E-state index in [0.29, 0.717) is 5.92 Å². The van der Waals surface area contributed by atoms with Gasteiger partial charge >= 0.3 is 0 Å². The zero-order valence-corrected chi connectivity index (χ0v) is 7.89. The molecule has 1 amide bonds. The third-order valence-electron chi connectivity index (χ3n) is 2.54. The maximum absolute atomic E-state index is 10.8. The molecule has 14 heavy (non-hydrogen) atoms. The van der Waals surface area contributed by atoms with E-state index in [0.717, 1.165) is 6.42 Å². The summed E-state index contributed by atoms with van der Waals surface area (Å²) in [5.41, 5.74) is 6.35. The largest absolute Gasteiger partial charge is 0.369 e. The van der Waals surface area contributed by atoms with Crippen molar-refractivity contribution in [3.63, 3.8) is 0 Å². The van der Waals surface area contributed by atoms with Crippen molar-refractivity contribution in [1.29, 1.82) is 0 Å². The van der Waals surface area contributed by atoms with Crippen molar-refractivity contribution >= 4 is 12.0 Å². The Labute approximate surface area is 83.4 Å². The zero-order chi connectivity index (χ0) is 9.97. The third kappa shape index (κ3) is 2.02. The average Bonchev–Trinajstić information content (AvgIpc) is 2.96. The lowest BCUT2D eigenvalue weighted by Gasteiger charge is -1.90.